The van der Waals surface area contributed by atoms with Gasteiger partial charge in [0.2, 0.25) is 0 Å². The number of hydrogen-bond acceptors (Lipinski definition) is 4. The molecule has 2 aromatic carbocycles. The molecule has 6 heteroatoms. The predicted molar refractivity (Wildman–Crippen MR) is 107 cm³/mol. The fourth-order valence-electron chi connectivity index (χ4n) is 3.19. The molecule has 0 fully saturated rings. The van der Waals surface area contributed by atoms with E-state index in [2.05, 4.69) is 6.92 Å². The Morgan fingerprint density at radius 3 is 2.04 bits per heavy atom. The van der Waals surface area contributed by atoms with Crippen LogP contribution < -0.4 is 34.3 Å². The second kappa shape index (κ2) is 13.4. The van der Waals surface area contributed by atoms with Crippen molar-refractivity contribution in [2.24, 2.45) is 0 Å². The first-order chi connectivity index (χ1) is 13.0. The van der Waals surface area contributed by atoms with Gasteiger partial charge in [0, 0.05) is 0 Å². The third kappa shape index (κ3) is 8.66. The van der Waals surface area contributed by atoms with Gasteiger partial charge < -0.3 is 9.29 Å². The van der Waals surface area contributed by atoms with Crippen molar-refractivity contribution < 1.29 is 47.3 Å². The predicted octanol–water partition coefficient (Wildman–Crippen LogP) is 3.07. The molecule has 0 spiro atoms. The smallest absolute Gasteiger partial charge is 0.744 e. The van der Waals surface area contributed by atoms with Crippen molar-refractivity contribution in [2.45, 2.75) is 69.6 Å². The molecule has 0 bridgehead atoms. The molecule has 0 N–H and O–H groups in total. The summed E-state index contributed by atoms with van der Waals surface area (Å²) in [6.45, 7) is 2.21. The van der Waals surface area contributed by atoms with Gasteiger partial charge in [0.1, 0.15) is 26.5 Å². The van der Waals surface area contributed by atoms with Gasteiger partial charge in [-0.3, -0.25) is 0 Å². The van der Waals surface area contributed by atoms with Gasteiger partial charge in [-0.15, -0.1) is 0 Å². The number of benzene rings is 2. The van der Waals surface area contributed by atoms with Crippen LogP contribution in [-0.2, 0) is 16.5 Å². The molecular formula is C22H29NaO4S. The van der Waals surface area contributed by atoms with Crippen LogP contribution in [0.2, 0.25) is 0 Å². The van der Waals surface area contributed by atoms with E-state index in [0.29, 0.717) is 17.7 Å². The maximum absolute atomic E-state index is 11.9. The van der Waals surface area contributed by atoms with Crippen LogP contribution in [0.1, 0.15) is 63.9 Å². The first kappa shape index (κ1) is 25.2. The van der Waals surface area contributed by atoms with Crippen LogP contribution in [0.4, 0.5) is 0 Å². The monoisotopic (exact) mass is 412 g/mol. The molecule has 0 saturated carbocycles. The molecule has 0 atom stereocenters. The van der Waals surface area contributed by atoms with Crippen molar-refractivity contribution in [3.63, 3.8) is 0 Å². The van der Waals surface area contributed by atoms with E-state index >= 15 is 0 Å². The van der Waals surface area contributed by atoms with Gasteiger partial charge in [0.05, 0.1) is 0 Å². The number of hydrogen-bond donors (Lipinski definition) is 0. The van der Waals surface area contributed by atoms with Gasteiger partial charge in [-0.25, -0.2) is 8.42 Å². The van der Waals surface area contributed by atoms with Crippen LogP contribution in [0.25, 0.3) is 0 Å². The van der Waals surface area contributed by atoms with E-state index in [0.717, 1.165) is 19.3 Å². The zero-order chi connectivity index (χ0) is 19.5. The molecule has 28 heavy (non-hydrogen) atoms. The van der Waals surface area contributed by atoms with Crippen LogP contribution in [0.5, 0.6) is 11.5 Å². The van der Waals surface area contributed by atoms with Gasteiger partial charge in [-0.2, -0.15) is 0 Å². The van der Waals surface area contributed by atoms with E-state index in [-0.39, 0.29) is 40.2 Å². The van der Waals surface area contributed by atoms with E-state index < -0.39 is 10.1 Å². The summed E-state index contributed by atoms with van der Waals surface area (Å²) < 4.78 is 41.3. The molecule has 0 aliphatic heterocycles. The second-order valence-corrected chi connectivity index (χ2v) is 8.16. The molecule has 4 nitrogen and oxygen atoms in total. The maximum Gasteiger partial charge on any atom is 1.00 e. The van der Waals surface area contributed by atoms with Crippen molar-refractivity contribution >= 4 is 10.1 Å². The second-order valence-electron chi connectivity index (χ2n) is 6.84. The van der Waals surface area contributed by atoms with Crippen LogP contribution in [0.3, 0.4) is 0 Å². The number of para-hydroxylation sites is 1. The standard InChI is InChI=1S/C22H30O4S.Na/c1-2-3-4-5-6-7-8-10-14-19-15-13-18-21(22(19)27(23,24)25)26-20-16-11-9-12-17-20;/h9,11-13,15-18H,2-8,10,14H2,1H3,(H,23,24,25);/q;+1/p-1. The first-order valence-corrected chi connectivity index (χ1v) is 11.2. The maximum atomic E-state index is 11.9. The molecule has 0 aliphatic carbocycles. The SMILES string of the molecule is CCCCCCCCCCc1cccc(Oc2ccccc2)c1S(=O)(=O)[O-].[Na+]. The number of ether oxygens (including phenoxy) is 1. The van der Waals surface area contributed by atoms with E-state index in [1.54, 1.807) is 36.4 Å². The Bertz CT molecular complexity index is 791. The third-order valence-corrected chi connectivity index (χ3v) is 5.54. The molecule has 0 aliphatic rings. The Kier molecular flexibility index (Phi) is 12.0. The molecular weight excluding hydrogens is 383 g/mol. The fraction of sp³-hybridized carbons (Fsp3) is 0.455. The van der Waals surface area contributed by atoms with Crippen molar-refractivity contribution in [1.29, 1.82) is 0 Å². The summed E-state index contributed by atoms with van der Waals surface area (Å²) in [7, 11) is -4.62. The summed E-state index contributed by atoms with van der Waals surface area (Å²) in [4.78, 5) is -0.225. The Morgan fingerprint density at radius 2 is 1.43 bits per heavy atom. The topological polar surface area (TPSA) is 66.4 Å². The molecule has 2 aromatic rings. The molecule has 0 unspecified atom stereocenters. The average Bonchev–Trinajstić information content (AvgIpc) is 2.64. The minimum absolute atomic E-state index is 0. The Hall–Kier alpha value is -0.850. The summed E-state index contributed by atoms with van der Waals surface area (Å²) >= 11 is 0. The van der Waals surface area contributed by atoms with Gasteiger partial charge in [0.25, 0.3) is 0 Å². The molecule has 0 aromatic heterocycles. The summed E-state index contributed by atoms with van der Waals surface area (Å²) in [6.07, 6.45) is 9.90. The van der Waals surface area contributed by atoms with Crippen LogP contribution in [0.15, 0.2) is 53.4 Å². The molecule has 0 amide bonds. The Labute approximate surface area is 191 Å². The van der Waals surface area contributed by atoms with Gasteiger partial charge in [0.15, 0.2) is 0 Å². The Morgan fingerprint density at radius 1 is 0.821 bits per heavy atom. The van der Waals surface area contributed by atoms with Crippen LogP contribution >= 0.6 is 0 Å². The molecule has 0 heterocycles. The van der Waals surface area contributed by atoms with Crippen molar-refractivity contribution in [3.8, 4) is 11.5 Å². The minimum Gasteiger partial charge on any atom is -0.744 e. The third-order valence-electron chi connectivity index (χ3n) is 4.58. The van der Waals surface area contributed by atoms with Crippen molar-refractivity contribution in [3.05, 3.63) is 54.1 Å². The number of aryl methyl sites for hydroxylation is 1. The minimum atomic E-state index is -4.62. The number of rotatable bonds is 12. The number of unbranched alkanes of at least 4 members (excludes halogenated alkanes) is 7. The van der Waals surface area contributed by atoms with Gasteiger partial charge in [-0.1, -0.05) is 82.2 Å². The molecule has 0 radical (unpaired) electrons. The molecule has 0 saturated heterocycles. The van der Waals surface area contributed by atoms with Crippen LogP contribution in [-0.4, -0.2) is 13.0 Å². The van der Waals surface area contributed by atoms with Gasteiger partial charge in [-0.05, 0) is 36.6 Å². The summed E-state index contributed by atoms with van der Waals surface area (Å²) in [5.41, 5.74) is 0.546. The quantitative estimate of drug-likeness (QED) is 0.305. The van der Waals surface area contributed by atoms with E-state index in [4.69, 9.17) is 4.74 Å². The van der Waals surface area contributed by atoms with Crippen LogP contribution in [0, 0.1) is 0 Å². The fourth-order valence-corrected chi connectivity index (χ4v) is 4.03. The van der Waals surface area contributed by atoms with Crippen molar-refractivity contribution in [1.82, 2.24) is 0 Å². The average molecular weight is 413 g/mol. The molecule has 2 rings (SSSR count). The largest absolute Gasteiger partial charge is 1.00 e. The summed E-state index contributed by atoms with van der Waals surface area (Å²) in [5, 5.41) is 0. The van der Waals surface area contributed by atoms with E-state index in [9.17, 15) is 13.0 Å². The zero-order valence-electron chi connectivity index (χ0n) is 17.0. The van der Waals surface area contributed by atoms with E-state index in [1.807, 2.05) is 6.07 Å². The van der Waals surface area contributed by atoms with Crippen molar-refractivity contribution in [2.75, 3.05) is 0 Å². The molecule has 148 valence electrons. The Balaban J connectivity index is 0.00000392. The summed E-state index contributed by atoms with van der Waals surface area (Å²) in [6, 6.07) is 13.9. The van der Waals surface area contributed by atoms with Gasteiger partial charge >= 0.3 is 29.6 Å². The zero-order valence-corrected chi connectivity index (χ0v) is 19.8. The van der Waals surface area contributed by atoms with E-state index in [1.165, 1.54) is 38.2 Å². The summed E-state index contributed by atoms with van der Waals surface area (Å²) in [5.74, 6) is 0.611. The first-order valence-electron chi connectivity index (χ1n) is 9.83. The normalized spacial score (nSPS) is 11.1.